The first kappa shape index (κ1) is 21.5. The highest BCUT2D eigenvalue weighted by molar-refractivity contribution is 5.88. The van der Waals surface area contributed by atoms with Gasteiger partial charge in [-0.3, -0.25) is 4.79 Å². The monoisotopic (exact) mass is 422 g/mol. The molecule has 0 bridgehead atoms. The maximum Gasteiger partial charge on any atom is 0.227 e. The minimum Gasteiger partial charge on any atom is -0.382 e. The van der Waals surface area contributed by atoms with Crippen molar-refractivity contribution in [3.05, 3.63) is 59.3 Å². The molecule has 7 heteroatoms. The van der Waals surface area contributed by atoms with Crippen molar-refractivity contribution in [1.29, 1.82) is 0 Å². The van der Waals surface area contributed by atoms with Gasteiger partial charge in [-0.2, -0.15) is 0 Å². The molecule has 1 aliphatic heterocycles. The third-order valence-electron chi connectivity index (χ3n) is 5.96. The second kappa shape index (κ2) is 10.0. The van der Waals surface area contributed by atoms with Crippen LogP contribution in [0.1, 0.15) is 41.4 Å². The number of rotatable bonds is 8. The zero-order chi connectivity index (χ0) is 21.6. The van der Waals surface area contributed by atoms with Crippen molar-refractivity contribution in [2.45, 2.75) is 38.7 Å². The summed E-state index contributed by atoms with van der Waals surface area (Å²) in [6, 6.07) is 8.11. The zero-order valence-electron chi connectivity index (χ0n) is 18.3. The highest BCUT2D eigenvalue weighted by Gasteiger charge is 2.27. The number of fused-ring (bicyclic) bond motifs is 1. The van der Waals surface area contributed by atoms with Crippen LogP contribution < -0.4 is 0 Å². The van der Waals surface area contributed by atoms with Gasteiger partial charge in [0, 0.05) is 55.0 Å². The number of aromatic nitrogens is 3. The van der Waals surface area contributed by atoms with Crippen LogP contribution in [-0.4, -0.2) is 59.2 Å². The summed E-state index contributed by atoms with van der Waals surface area (Å²) in [4.78, 5) is 27.3. The van der Waals surface area contributed by atoms with Crippen LogP contribution in [0, 0.1) is 6.92 Å². The Hall–Kier alpha value is -2.77. The Morgan fingerprint density at radius 1 is 1.19 bits per heavy atom. The lowest BCUT2D eigenvalue weighted by molar-refractivity contribution is -0.131. The molecular weight excluding hydrogens is 392 g/mol. The predicted molar refractivity (Wildman–Crippen MR) is 119 cm³/mol. The Labute approximate surface area is 182 Å². The third kappa shape index (κ3) is 5.11. The molecule has 31 heavy (non-hydrogen) atoms. The van der Waals surface area contributed by atoms with Crippen molar-refractivity contribution < 1.29 is 14.3 Å². The first-order valence-corrected chi connectivity index (χ1v) is 10.9. The van der Waals surface area contributed by atoms with Crippen LogP contribution in [0.3, 0.4) is 0 Å². The van der Waals surface area contributed by atoms with E-state index in [4.69, 9.17) is 14.5 Å². The van der Waals surface area contributed by atoms with E-state index in [1.54, 1.807) is 7.11 Å². The summed E-state index contributed by atoms with van der Waals surface area (Å²) in [7, 11) is 1.66. The fourth-order valence-corrected chi connectivity index (χ4v) is 4.26. The van der Waals surface area contributed by atoms with Gasteiger partial charge in [-0.15, -0.1) is 0 Å². The van der Waals surface area contributed by atoms with Gasteiger partial charge in [0.1, 0.15) is 5.82 Å². The van der Waals surface area contributed by atoms with Gasteiger partial charge in [-0.05, 0) is 31.4 Å². The van der Waals surface area contributed by atoms with Gasteiger partial charge in [-0.25, -0.2) is 9.97 Å². The van der Waals surface area contributed by atoms with Gasteiger partial charge >= 0.3 is 0 Å². The van der Waals surface area contributed by atoms with E-state index in [9.17, 15) is 4.79 Å². The summed E-state index contributed by atoms with van der Waals surface area (Å²) in [6.45, 7) is 5.01. The topological polar surface area (TPSA) is 80.3 Å². The third-order valence-corrected chi connectivity index (χ3v) is 5.96. The lowest BCUT2D eigenvalue weighted by Gasteiger charge is -2.32. The van der Waals surface area contributed by atoms with E-state index in [0.29, 0.717) is 32.2 Å². The highest BCUT2D eigenvalue weighted by atomic mass is 16.5. The van der Waals surface area contributed by atoms with Gasteiger partial charge in [0.2, 0.25) is 5.91 Å². The number of hydrogen-bond acceptors (Lipinski definition) is 5. The molecule has 0 aliphatic carbocycles. The molecule has 4 rings (SSSR count). The van der Waals surface area contributed by atoms with Crippen molar-refractivity contribution >= 4 is 16.8 Å². The van der Waals surface area contributed by atoms with Crippen molar-refractivity contribution in [3.63, 3.8) is 0 Å². The summed E-state index contributed by atoms with van der Waals surface area (Å²) < 4.78 is 10.8. The van der Waals surface area contributed by atoms with Crippen molar-refractivity contribution in [1.82, 2.24) is 19.9 Å². The Morgan fingerprint density at radius 3 is 2.81 bits per heavy atom. The van der Waals surface area contributed by atoms with E-state index in [1.165, 1.54) is 0 Å². The first-order valence-electron chi connectivity index (χ1n) is 10.9. The van der Waals surface area contributed by atoms with Gasteiger partial charge in [0.25, 0.3) is 0 Å². The number of amides is 1. The number of nitrogens with zero attached hydrogens (tertiary/aromatic N) is 3. The molecule has 1 amide bonds. The van der Waals surface area contributed by atoms with Crippen molar-refractivity contribution in [3.8, 4) is 0 Å². The number of aromatic amines is 1. The maximum atomic E-state index is 12.9. The standard InChI is InChI=1S/C24H30N4O3/c1-17-25-15-20(16-31-12-11-30-2)24(27-17)18-7-9-28(10-8-18)23(29)13-19-14-26-22-6-4-3-5-21(19)22/h3-6,14-15,18,26H,7-13,16H2,1-2H3. The minimum absolute atomic E-state index is 0.185. The zero-order valence-corrected chi connectivity index (χ0v) is 18.3. The van der Waals surface area contributed by atoms with E-state index in [0.717, 1.165) is 59.5 Å². The number of hydrogen-bond donors (Lipinski definition) is 1. The predicted octanol–water partition coefficient (Wildman–Crippen LogP) is 3.38. The molecule has 0 atom stereocenters. The molecule has 0 saturated carbocycles. The fraction of sp³-hybridized carbons (Fsp3) is 0.458. The average Bonchev–Trinajstić information content (AvgIpc) is 3.20. The smallest absolute Gasteiger partial charge is 0.227 e. The molecule has 2 aromatic heterocycles. The summed E-state index contributed by atoms with van der Waals surface area (Å²) in [6.07, 6.45) is 6.07. The highest BCUT2D eigenvalue weighted by Crippen LogP contribution is 2.30. The summed E-state index contributed by atoms with van der Waals surface area (Å²) >= 11 is 0. The molecule has 0 spiro atoms. The summed E-state index contributed by atoms with van der Waals surface area (Å²) in [5.41, 5.74) is 4.23. The lowest BCUT2D eigenvalue weighted by atomic mass is 9.90. The Kier molecular flexibility index (Phi) is 6.94. The van der Waals surface area contributed by atoms with Crippen LogP contribution in [0.5, 0.6) is 0 Å². The quantitative estimate of drug-likeness (QED) is 0.563. The second-order valence-corrected chi connectivity index (χ2v) is 8.06. The number of ether oxygens (including phenoxy) is 2. The maximum absolute atomic E-state index is 12.9. The van der Waals surface area contributed by atoms with Crippen molar-refractivity contribution in [2.75, 3.05) is 33.4 Å². The molecule has 1 N–H and O–H groups in total. The largest absolute Gasteiger partial charge is 0.382 e. The summed E-state index contributed by atoms with van der Waals surface area (Å²) in [5, 5.41) is 1.13. The number of aryl methyl sites for hydroxylation is 1. The number of H-pyrrole nitrogens is 1. The van der Waals surface area contributed by atoms with Crippen molar-refractivity contribution in [2.24, 2.45) is 0 Å². The van der Waals surface area contributed by atoms with Crippen LogP contribution in [0.4, 0.5) is 0 Å². The van der Waals surface area contributed by atoms with E-state index >= 15 is 0 Å². The number of likely N-dealkylation sites (tertiary alicyclic amines) is 1. The van der Waals surface area contributed by atoms with Gasteiger partial charge in [-0.1, -0.05) is 18.2 Å². The van der Waals surface area contributed by atoms with Gasteiger partial charge < -0.3 is 19.4 Å². The van der Waals surface area contributed by atoms with E-state index < -0.39 is 0 Å². The molecule has 0 radical (unpaired) electrons. The van der Waals surface area contributed by atoms with Gasteiger partial charge in [0.05, 0.1) is 31.9 Å². The van der Waals surface area contributed by atoms with Crippen LogP contribution in [0.25, 0.3) is 10.9 Å². The molecule has 1 aromatic carbocycles. The fourth-order valence-electron chi connectivity index (χ4n) is 4.26. The molecule has 164 valence electrons. The number of nitrogens with one attached hydrogen (secondary N) is 1. The normalized spacial score (nSPS) is 15.0. The molecule has 1 fully saturated rings. The van der Waals surface area contributed by atoms with E-state index in [-0.39, 0.29) is 5.91 Å². The molecule has 0 unspecified atom stereocenters. The lowest BCUT2D eigenvalue weighted by Crippen LogP contribution is -2.39. The van der Waals surface area contributed by atoms with Crippen LogP contribution in [0.2, 0.25) is 0 Å². The first-order chi connectivity index (χ1) is 15.2. The van der Waals surface area contributed by atoms with Crippen LogP contribution >= 0.6 is 0 Å². The number of carbonyl (C=O) groups is 1. The number of benzene rings is 1. The molecule has 3 heterocycles. The Bertz CT molecular complexity index is 1020. The minimum atomic E-state index is 0.185. The van der Waals surface area contributed by atoms with Crippen LogP contribution in [-0.2, 0) is 27.3 Å². The molecule has 7 nitrogen and oxygen atoms in total. The number of methoxy groups -OCH3 is 1. The SMILES string of the molecule is COCCOCc1cnc(C)nc1C1CCN(C(=O)Cc2c[nH]c3ccccc23)CC1. The van der Waals surface area contributed by atoms with E-state index in [1.807, 2.05) is 42.4 Å². The number of carbonyl (C=O) groups excluding carboxylic acids is 1. The Morgan fingerprint density at radius 2 is 2.00 bits per heavy atom. The number of piperidine rings is 1. The number of para-hydroxylation sites is 1. The van der Waals surface area contributed by atoms with Crippen LogP contribution in [0.15, 0.2) is 36.7 Å². The Balaban J connectivity index is 1.37. The van der Waals surface area contributed by atoms with E-state index in [2.05, 4.69) is 16.0 Å². The molecule has 3 aromatic rings. The average molecular weight is 423 g/mol. The van der Waals surface area contributed by atoms with Gasteiger partial charge in [0.15, 0.2) is 0 Å². The second-order valence-electron chi connectivity index (χ2n) is 8.06. The molecular formula is C24H30N4O3. The summed E-state index contributed by atoms with van der Waals surface area (Å²) in [5.74, 6) is 1.28. The molecule has 1 saturated heterocycles. The molecule has 1 aliphatic rings.